The van der Waals surface area contributed by atoms with Crippen molar-refractivity contribution in [2.75, 3.05) is 30.7 Å². The predicted molar refractivity (Wildman–Crippen MR) is 132 cm³/mol. The molecular formula is C26H32N6O2. The SMILES string of the molecule is C=C(C#N)C(=O)N1CCC(CNc2ncnc(N)c2-c2ccc(OC3CCCCC3)cc2)CC1. The Balaban J connectivity index is 1.37. The number of hydrogen-bond donors (Lipinski definition) is 2. The van der Waals surface area contributed by atoms with Gasteiger partial charge in [0, 0.05) is 19.6 Å². The van der Waals surface area contributed by atoms with Gasteiger partial charge >= 0.3 is 0 Å². The van der Waals surface area contributed by atoms with Crippen molar-refractivity contribution in [3.8, 4) is 22.9 Å². The summed E-state index contributed by atoms with van der Waals surface area (Å²) >= 11 is 0. The molecule has 178 valence electrons. The number of carbonyl (C=O) groups excluding carboxylic acids is 1. The fourth-order valence-electron chi connectivity index (χ4n) is 4.71. The third kappa shape index (κ3) is 5.66. The Hall–Kier alpha value is -3.60. The molecule has 8 nitrogen and oxygen atoms in total. The molecule has 1 saturated heterocycles. The van der Waals surface area contributed by atoms with Crippen LogP contribution in [0.25, 0.3) is 11.1 Å². The predicted octanol–water partition coefficient (Wildman–Crippen LogP) is 4.17. The van der Waals surface area contributed by atoms with Crippen molar-refractivity contribution in [1.82, 2.24) is 14.9 Å². The van der Waals surface area contributed by atoms with Crippen molar-refractivity contribution in [1.29, 1.82) is 5.26 Å². The number of ether oxygens (including phenoxy) is 1. The van der Waals surface area contributed by atoms with E-state index in [1.165, 1.54) is 25.6 Å². The van der Waals surface area contributed by atoms with Gasteiger partial charge in [0.05, 0.1) is 11.7 Å². The highest BCUT2D eigenvalue weighted by Gasteiger charge is 2.24. The monoisotopic (exact) mass is 460 g/mol. The molecule has 1 amide bonds. The van der Waals surface area contributed by atoms with E-state index in [-0.39, 0.29) is 11.5 Å². The van der Waals surface area contributed by atoms with Crippen LogP contribution >= 0.6 is 0 Å². The number of benzene rings is 1. The van der Waals surface area contributed by atoms with E-state index < -0.39 is 0 Å². The second kappa shape index (κ2) is 11.0. The molecule has 1 aliphatic carbocycles. The Morgan fingerprint density at radius 2 is 1.85 bits per heavy atom. The van der Waals surface area contributed by atoms with Crippen LogP contribution in [0.3, 0.4) is 0 Å². The highest BCUT2D eigenvalue weighted by molar-refractivity contribution is 5.96. The lowest BCUT2D eigenvalue weighted by molar-refractivity contribution is -0.127. The van der Waals surface area contributed by atoms with E-state index >= 15 is 0 Å². The maximum Gasteiger partial charge on any atom is 0.263 e. The van der Waals surface area contributed by atoms with Gasteiger partial charge in [-0.2, -0.15) is 5.26 Å². The van der Waals surface area contributed by atoms with Crippen molar-refractivity contribution in [3.05, 3.63) is 42.7 Å². The van der Waals surface area contributed by atoms with Crippen LogP contribution in [0, 0.1) is 17.2 Å². The standard InChI is InChI=1S/C26H32N6O2/c1-18(15-27)26(33)32-13-11-19(12-14-32)16-29-25-23(24(28)30-17-31-25)20-7-9-22(10-8-20)34-21-5-3-2-4-6-21/h7-10,17,19,21H,1-6,11-14,16H2,(H3,28,29,30,31). The summed E-state index contributed by atoms with van der Waals surface area (Å²) in [5, 5.41) is 12.3. The van der Waals surface area contributed by atoms with Gasteiger partial charge in [-0.1, -0.05) is 25.1 Å². The summed E-state index contributed by atoms with van der Waals surface area (Å²) in [4.78, 5) is 22.5. The summed E-state index contributed by atoms with van der Waals surface area (Å²) in [6, 6.07) is 9.82. The minimum atomic E-state index is -0.268. The Morgan fingerprint density at radius 3 is 2.53 bits per heavy atom. The number of likely N-dealkylation sites (tertiary alicyclic amines) is 1. The van der Waals surface area contributed by atoms with E-state index in [1.54, 1.807) is 4.90 Å². The van der Waals surface area contributed by atoms with E-state index in [0.29, 0.717) is 43.3 Å². The quantitative estimate of drug-likeness (QED) is 0.470. The maximum atomic E-state index is 12.1. The Morgan fingerprint density at radius 1 is 1.15 bits per heavy atom. The average Bonchev–Trinajstić information content (AvgIpc) is 2.88. The zero-order chi connectivity index (χ0) is 23.9. The van der Waals surface area contributed by atoms with Crippen molar-refractivity contribution in [3.63, 3.8) is 0 Å². The van der Waals surface area contributed by atoms with E-state index in [0.717, 1.165) is 42.6 Å². The van der Waals surface area contributed by atoms with E-state index in [1.807, 2.05) is 30.3 Å². The van der Waals surface area contributed by atoms with Crippen molar-refractivity contribution in [2.24, 2.45) is 5.92 Å². The molecule has 4 rings (SSSR count). The number of hydrogen-bond acceptors (Lipinski definition) is 7. The summed E-state index contributed by atoms with van der Waals surface area (Å²) in [5.41, 5.74) is 7.95. The number of piperidine rings is 1. The number of nitriles is 1. The van der Waals surface area contributed by atoms with Crippen LogP contribution in [0.15, 0.2) is 42.7 Å². The first-order chi connectivity index (χ1) is 16.5. The molecule has 2 aliphatic rings. The maximum absolute atomic E-state index is 12.1. The molecular weight excluding hydrogens is 428 g/mol. The Bertz CT molecular complexity index is 1050. The topological polar surface area (TPSA) is 117 Å². The molecule has 0 unspecified atom stereocenters. The summed E-state index contributed by atoms with van der Waals surface area (Å²) in [5.74, 6) is 2.12. The van der Waals surface area contributed by atoms with Crippen LogP contribution in [0.2, 0.25) is 0 Å². The molecule has 8 heteroatoms. The van der Waals surface area contributed by atoms with Crippen LogP contribution in [0.4, 0.5) is 11.6 Å². The van der Waals surface area contributed by atoms with Gasteiger partial charge in [0.2, 0.25) is 0 Å². The number of nitrogens with one attached hydrogen (secondary N) is 1. The fraction of sp³-hybridized carbons (Fsp3) is 0.462. The minimum absolute atomic E-state index is 0.00663. The molecule has 0 radical (unpaired) electrons. The molecule has 1 aromatic carbocycles. The van der Waals surface area contributed by atoms with Gasteiger partial charge in [-0.25, -0.2) is 9.97 Å². The van der Waals surface area contributed by atoms with Gasteiger partial charge in [0.1, 0.15) is 35.4 Å². The number of aromatic nitrogens is 2. The van der Waals surface area contributed by atoms with Crippen molar-refractivity contribution < 1.29 is 9.53 Å². The van der Waals surface area contributed by atoms with Crippen LogP contribution < -0.4 is 15.8 Å². The lowest BCUT2D eigenvalue weighted by Crippen LogP contribution is -2.40. The minimum Gasteiger partial charge on any atom is -0.490 e. The van der Waals surface area contributed by atoms with E-state index in [9.17, 15) is 4.79 Å². The van der Waals surface area contributed by atoms with Gasteiger partial charge < -0.3 is 20.7 Å². The molecule has 0 bridgehead atoms. The van der Waals surface area contributed by atoms with E-state index in [4.69, 9.17) is 15.7 Å². The van der Waals surface area contributed by atoms with E-state index in [2.05, 4.69) is 21.9 Å². The van der Waals surface area contributed by atoms with Gasteiger partial charge in [-0.05, 0) is 62.1 Å². The number of nitrogens with two attached hydrogens (primary N) is 1. The molecule has 0 spiro atoms. The molecule has 0 atom stereocenters. The Kier molecular flexibility index (Phi) is 7.63. The number of nitrogens with zero attached hydrogens (tertiary/aromatic N) is 4. The third-order valence-electron chi connectivity index (χ3n) is 6.73. The first kappa shape index (κ1) is 23.6. The van der Waals surface area contributed by atoms with Gasteiger partial charge in [0.15, 0.2) is 0 Å². The number of rotatable bonds is 7. The molecule has 3 N–H and O–H groups in total. The molecule has 2 heterocycles. The van der Waals surface area contributed by atoms with Crippen LogP contribution in [-0.4, -0.2) is 46.5 Å². The lowest BCUT2D eigenvalue weighted by Gasteiger charge is -2.32. The molecule has 2 fully saturated rings. The summed E-state index contributed by atoms with van der Waals surface area (Å²) in [7, 11) is 0. The fourth-order valence-corrected chi connectivity index (χ4v) is 4.71. The number of anilines is 2. The average molecular weight is 461 g/mol. The first-order valence-corrected chi connectivity index (χ1v) is 12.0. The summed E-state index contributed by atoms with van der Waals surface area (Å²) < 4.78 is 6.15. The Labute approximate surface area is 200 Å². The highest BCUT2D eigenvalue weighted by Crippen LogP contribution is 2.33. The van der Waals surface area contributed by atoms with Crippen LogP contribution in [0.1, 0.15) is 44.9 Å². The lowest BCUT2D eigenvalue weighted by atomic mass is 9.96. The first-order valence-electron chi connectivity index (χ1n) is 12.0. The summed E-state index contributed by atoms with van der Waals surface area (Å²) in [6.07, 6.45) is 9.49. The van der Waals surface area contributed by atoms with Gasteiger partial charge in [0.25, 0.3) is 5.91 Å². The van der Waals surface area contributed by atoms with Gasteiger partial charge in [-0.15, -0.1) is 0 Å². The normalized spacial score (nSPS) is 17.1. The van der Waals surface area contributed by atoms with Crippen LogP contribution in [0.5, 0.6) is 5.75 Å². The number of amides is 1. The summed E-state index contributed by atoms with van der Waals surface area (Å²) in [6.45, 7) is 5.48. The number of carbonyl (C=O) groups is 1. The molecule has 1 saturated carbocycles. The third-order valence-corrected chi connectivity index (χ3v) is 6.73. The van der Waals surface area contributed by atoms with Crippen LogP contribution in [-0.2, 0) is 4.79 Å². The highest BCUT2D eigenvalue weighted by atomic mass is 16.5. The second-order valence-electron chi connectivity index (χ2n) is 9.09. The molecule has 1 aromatic heterocycles. The zero-order valence-corrected chi connectivity index (χ0v) is 19.5. The molecule has 2 aromatic rings. The smallest absolute Gasteiger partial charge is 0.263 e. The zero-order valence-electron chi connectivity index (χ0n) is 19.5. The number of nitrogen functional groups attached to an aromatic ring is 1. The second-order valence-corrected chi connectivity index (χ2v) is 9.09. The molecule has 34 heavy (non-hydrogen) atoms. The molecule has 1 aliphatic heterocycles. The van der Waals surface area contributed by atoms with Gasteiger partial charge in [-0.3, -0.25) is 4.79 Å². The largest absolute Gasteiger partial charge is 0.490 e. The van der Waals surface area contributed by atoms with Crippen molar-refractivity contribution in [2.45, 2.75) is 51.0 Å². The van der Waals surface area contributed by atoms with Crippen molar-refractivity contribution >= 4 is 17.5 Å².